The summed E-state index contributed by atoms with van der Waals surface area (Å²) >= 11 is 12.0. The van der Waals surface area contributed by atoms with Crippen molar-refractivity contribution in [2.75, 3.05) is 19.7 Å². The first kappa shape index (κ1) is 23.9. The molecule has 1 aromatic carbocycles. The lowest BCUT2D eigenvalue weighted by molar-refractivity contribution is -0.134. The fourth-order valence-electron chi connectivity index (χ4n) is 2.40. The molecule has 0 bridgehead atoms. The predicted octanol–water partition coefficient (Wildman–Crippen LogP) is 2.25. The van der Waals surface area contributed by atoms with E-state index in [9.17, 15) is 18.0 Å². The van der Waals surface area contributed by atoms with Crippen molar-refractivity contribution in [1.82, 2.24) is 9.62 Å². The number of nitriles is 2. The maximum atomic E-state index is 12.4. The zero-order valence-corrected chi connectivity index (χ0v) is 18.1. The van der Waals surface area contributed by atoms with Gasteiger partial charge in [0.2, 0.25) is 10.0 Å². The summed E-state index contributed by atoms with van der Waals surface area (Å²) < 4.78 is 32.3. The van der Waals surface area contributed by atoms with Gasteiger partial charge in [-0.2, -0.15) is 10.5 Å². The highest BCUT2D eigenvalue weighted by Gasteiger charge is 2.30. The van der Waals surface area contributed by atoms with E-state index in [1.54, 1.807) is 0 Å². The molecule has 1 aliphatic carbocycles. The van der Waals surface area contributed by atoms with E-state index in [1.807, 2.05) is 12.1 Å². The average Bonchev–Trinajstić information content (AvgIpc) is 3.49. The molecular weight excluding hydrogens is 455 g/mol. The second-order valence-electron chi connectivity index (χ2n) is 6.43. The van der Waals surface area contributed by atoms with Crippen LogP contribution in [0.4, 0.5) is 0 Å². The summed E-state index contributed by atoms with van der Waals surface area (Å²) in [6.45, 7) is -0.478. The lowest BCUT2D eigenvalue weighted by Crippen LogP contribution is -2.36. The number of hydrogen-bond donors (Lipinski definition) is 1. The quantitative estimate of drug-likeness (QED) is 0.514. The summed E-state index contributed by atoms with van der Waals surface area (Å²) in [6, 6.07) is 5.75. The molecule has 0 aliphatic heterocycles. The first-order chi connectivity index (χ1) is 14.2. The first-order valence-corrected chi connectivity index (χ1v) is 11.1. The lowest BCUT2D eigenvalue weighted by Gasteiger charge is -2.20. The van der Waals surface area contributed by atoms with Gasteiger partial charge in [-0.05, 0) is 25.0 Å². The smallest absolute Gasteiger partial charge is 0.340 e. The maximum absolute atomic E-state index is 12.4. The molecule has 0 unspecified atom stereocenters. The summed E-state index contributed by atoms with van der Waals surface area (Å²) in [7, 11) is -3.95. The molecule has 160 valence electrons. The minimum atomic E-state index is -3.95. The van der Waals surface area contributed by atoms with Crippen molar-refractivity contribution < 1.29 is 22.7 Å². The first-order valence-electron chi connectivity index (χ1n) is 8.89. The largest absolute Gasteiger partial charge is 0.452 e. The van der Waals surface area contributed by atoms with E-state index in [4.69, 9.17) is 38.5 Å². The van der Waals surface area contributed by atoms with Gasteiger partial charge in [0.25, 0.3) is 5.91 Å². The average molecular weight is 473 g/mol. The Hall–Kier alpha value is -2.37. The third-order valence-electron chi connectivity index (χ3n) is 4.10. The van der Waals surface area contributed by atoms with Crippen molar-refractivity contribution in [3.63, 3.8) is 0 Å². The molecule has 1 saturated carbocycles. The Morgan fingerprint density at radius 3 is 2.27 bits per heavy atom. The summed E-state index contributed by atoms with van der Waals surface area (Å²) in [4.78, 5) is 25.6. The van der Waals surface area contributed by atoms with Crippen LogP contribution in [0, 0.1) is 22.7 Å². The number of sulfonamides is 1. The Labute approximate surface area is 184 Å². The third kappa shape index (κ3) is 6.57. The molecule has 1 aliphatic rings. The number of halogens is 2. The molecule has 30 heavy (non-hydrogen) atoms. The summed E-state index contributed by atoms with van der Waals surface area (Å²) in [5.41, 5.74) is -0.259. The highest BCUT2D eigenvalue weighted by Crippen LogP contribution is 2.31. The van der Waals surface area contributed by atoms with Crippen molar-refractivity contribution in [2.45, 2.75) is 36.6 Å². The summed E-state index contributed by atoms with van der Waals surface area (Å²) in [5, 5.41) is 17.1. The van der Waals surface area contributed by atoms with E-state index >= 15 is 0 Å². The van der Waals surface area contributed by atoms with Crippen LogP contribution in [0.15, 0.2) is 17.0 Å². The minimum Gasteiger partial charge on any atom is -0.452 e. The molecule has 0 atom stereocenters. The number of nitrogens with one attached hydrogen (secondary N) is 1. The number of carbonyl (C=O) groups is 2. The van der Waals surface area contributed by atoms with Crippen molar-refractivity contribution in [1.29, 1.82) is 10.5 Å². The monoisotopic (exact) mass is 472 g/mol. The van der Waals surface area contributed by atoms with Crippen LogP contribution in [-0.2, 0) is 19.6 Å². The normalized spacial score (nSPS) is 13.2. The van der Waals surface area contributed by atoms with Gasteiger partial charge in [-0.3, -0.25) is 4.79 Å². The van der Waals surface area contributed by atoms with Gasteiger partial charge in [-0.1, -0.05) is 23.2 Å². The van der Waals surface area contributed by atoms with Gasteiger partial charge in [-0.25, -0.2) is 17.9 Å². The standard InChI is InChI=1S/C18H18Cl2N4O5S/c19-14-10-15(20)16(30(27,28)23-12-3-4-12)9-13(14)18(26)29-11-17(25)24(7-1-5-21)8-2-6-22/h9-10,12,23H,1-4,7-8,11H2. The van der Waals surface area contributed by atoms with Gasteiger partial charge in [0.1, 0.15) is 4.90 Å². The van der Waals surface area contributed by atoms with Crippen LogP contribution < -0.4 is 4.72 Å². The molecule has 9 nitrogen and oxygen atoms in total. The van der Waals surface area contributed by atoms with Gasteiger partial charge in [-0.15, -0.1) is 0 Å². The van der Waals surface area contributed by atoms with E-state index < -0.39 is 28.5 Å². The van der Waals surface area contributed by atoms with Gasteiger partial charge in [0.15, 0.2) is 6.61 Å². The number of esters is 1. The van der Waals surface area contributed by atoms with E-state index in [0.717, 1.165) is 25.0 Å². The molecule has 12 heteroatoms. The highest BCUT2D eigenvalue weighted by atomic mass is 35.5. The Morgan fingerprint density at radius 1 is 1.13 bits per heavy atom. The van der Waals surface area contributed by atoms with Crippen molar-refractivity contribution in [3.05, 3.63) is 27.7 Å². The van der Waals surface area contributed by atoms with Crippen molar-refractivity contribution in [3.8, 4) is 12.1 Å². The molecule has 0 heterocycles. The van der Waals surface area contributed by atoms with Gasteiger partial charge < -0.3 is 9.64 Å². The fourth-order valence-corrected chi connectivity index (χ4v) is 4.56. The molecule has 0 radical (unpaired) electrons. The second-order valence-corrected chi connectivity index (χ2v) is 8.93. The van der Waals surface area contributed by atoms with E-state index in [-0.39, 0.29) is 52.5 Å². The number of nitrogens with zero attached hydrogens (tertiary/aromatic N) is 3. The lowest BCUT2D eigenvalue weighted by atomic mass is 10.2. The van der Waals surface area contributed by atoms with Crippen molar-refractivity contribution in [2.24, 2.45) is 0 Å². The molecule has 1 N–H and O–H groups in total. The molecule has 0 aromatic heterocycles. The summed E-state index contributed by atoms with van der Waals surface area (Å²) in [6.07, 6.45) is 1.55. The molecular formula is C18H18Cl2N4O5S. The zero-order valence-electron chi connectivity index (χ0n) is 15.7. The maximum Gasteiger partial charge on any atom is 0.340 e. The van der Waals surface area contributed by atoms with E-state index in [0.29, 0.717) is 0 Å². The molecule has 1 aromatic rings. The van der Waals surface area contributed by atoms with E-state index in [2.05, 4.69) is 4.72 Å². The second kappa shape index (κ2) is 10.6. The number of rotatable bonds is 10. The Kier molecular flexibility index (Phi) is 8.44. The van der Waals surface area contributed by atoms with Crippen LogP contribution in [0.3, 0.4) is 0 Å². The summed E-state index contributed by atoms with van der Waals surface area (Å²) in [5.74, 6) is -1.60. The third-order valence-corrected chi connectivity index (χ3v) is 6.39. The SMILES string of the molecule is N#CCCN(CCC#N)C(=O)COC(=O)c1cc(S(=O)(=O)NC2CC2)c(Cl)cc1Cl. The van der Waals surface area contributed by atoms with Crippen LogP contribution >= 0.6 is 23.2 Å². The topological polar surface area (TPSA) is 140 Å². The van der Waals surface area contributed by atoms with Crippen LogP contribution in [0.25, 0.3) is 0 Å². The number of ether oxygens (including phenoxy) is 1. The van der Waals surface area contributed by atoms with Crippen LogP contribution in [0.2, 0.25) is 10.0 Å². The van der Waals surface area contributed by atoms with Crippen LogP contribution in [0.5, 0.6) is 0 Å². The minimum absolute atomic E-state index is 0.0589. The fraction of sp³-hybridized carbons (Fsp3) is 0.444. The van der Waals surface area contributed by atoms with Gasteiger partial charge >= 0.3 is 5.97 Å². The number of hydrogen-bond acceptors (Lipinski definition) is 7. The molecule has 0 spiro atoms. The molecule has 0 saturated heterocycles. The number of amides is 1. The Balaban J connectivity index is 2.12. The van der Waals surface area contributed by atoms with Gasteiger partial charge in [0, 0.05) is 19.1 Å². The van der Waals surface area contributed by atoms with E-state index in [1.165, 1.54) is 4.90 Å². The zero-order chi connectivity index (χ0) is 22.3. The molecule has 1 fully saturated rings. The van der Waals surface area contributed by atoms with Crippen molar-refractivity contribution >= 4 is 45.1 Å². The van der Waals surface area contributed by atoms with Crippen LogP contribution in [0.1, 0.15) is 36.0 Å². The Morgan fingerprint density at radius 2 is 1.73 bits per heavy atom. The van der Waals surface area contributed by atoms with Gasteiger partial charge in [0.05, 0.1) is 40.6 Å². The predicted molar refractivity (Wildman–Crippen MR) is 107 cm³/mol. The number of benzene rings is 1. The molecule has 2 rings (SSSR count). The Bertz CT molecular complexity index is 995. The molecule has 1 amide bonds. The van der Waals surface area contributed by atoms with Crippen LogP contribution in [-0.4, -0.2) is 50.9 Å². The number of carbonyl (C=O) groups excluding carboxylic acids is 2. The highest BCUT2D eigenvalue weighted by molar-refractivity contribution is 7.89.